The molecule has 0 aromatic carbocycles. The van der Waals surface area contributed by atoms with E-state index in [1.807, 2.05) is 6.92 Å². The number of alkyl halides is 3. The Bertz CT molecular complexity index is 182. The monoisotopic (exact) mass is 339 g/mol. The average molecular weight is 339 g/mol. The zero-order valence-electron chi connectivity index (χ0n) is 8.60. The summed E-state index contributed by atoms with van der Waals surface area (Å²) in [5, 5.41) is 2.41. The second-order valence-corrected chi connectivity index (χ2v) is 2.91. The van der Waals surface area contributed by atoms with Crippen LogP contribution < -0.4 is 11.1 Å². The molecule has 0 heterocycles. The molecular formula is C8H17F3IN3. The highest BCUT2D eigenvalue weighted by molar-refractivity contribution is 14.0. The number of rotatable bonds is 5. The molecule has 0 spiro atoms. The molecule has 3 N–H and O–H groups in total. The first-order valence-corrected chi connectivity index (χ1v) is 4.56. The Morgan fingerprint density at radius 2 is 2.00 bits per heavy atom. The maximum absolute atomic E-state index is 11.7. The molecule has 15 heavy (non-hydrogen) atoms. The molecule has 7 heteroatoms. The molecule has 92 valence electrons. The third kappa shape index (κ3) is 13.8. The number of unbranched alkanes of at least 4 members (excludes halogenated alkanes) is 1. The number of guanidine groups is 1. The van der Waals surface area contributed by atoms with E-state index in [0.717, 1.165) is 12.8 Å². The van der Waals surface area contributed by atoms with Crippen molar-refractivity contribution in [1.82, 2.24) is 5.32 Å². The zero-order chi connectivity index (χ0) is 11.0. The Morgan fingerprint density at radius 1 is 1.40 bits per heavy atom. The van der Waals surface area contributed by atoms with Gasteiger partial charge in [-0.05, 0) is 6.42 Å². The van der Waals surface area contributed by atoms with Gasteiger partial charge in [0, 0.05) is 13.1 Å². The SMILES string of the molecule is CCCCN=C(N)NCCC(F)(F)F.I. The largest absolute Gasteiger partial charge is 0.390 e. The Labute approximate surface area is 105 Å². The van der Waals surface area contributed by atoms with Gasteiger partial charge in [-0.25, -0.2) is 0 Å². The van der Waals surface area contributed by atoms with Crippen LogP contribution in [0.3, 0.4) is 0 Å². The number of hydrogen-bond acceptors (Lipinski definition) is 1. The van der Waals surface area contributed by atoms with Crippen LogP contribution in [0.15, 0.2) is 4.99 Å². The fourth-order valence-corrected chi connectivity index (χ4v) is 0.746. The Morgan fingerprint density at radius 3 is 2.47 bits per heavy atom. The summed E-state index contributed by atoms with van der Waals surface area (Å²) < 4.78 is 35.1. The summed E-state index contributed by atoms with van der Waals surface area (Å²) in [6.45, 7) is 2.34. The molecule has 0 saturated carbocycles. The lowest BCUT2D eigenvalue weighted by Crippen LogP contribution is -2.34. The molecule has 0 aliphatic rings. The summed E-state index contributed by atoms with van der Waals surface area (Å²) >= 11 is 0. The van der Waals surface area contributed by atoms with Gasteiger partial charge in [0.15, 0.2) is 5.96 Å². The van der Waals surface area contributed by atoms with Gasteiger partial charge in [0.25, 0.3) is 0 Å². The van der Waals surface area contributed by atoms with Crippen molar-refractivity contribution in [1.29, 1.82) is 0 Å². The third-order valence-electron chi connectivity index (χ3n) is 1.51. The highest BCUT2D eigenvalue weighted by Crippen LogP contribution is 2.17. The molecular weight excluding hydrogens is 322 g/mol. The van der Waals surface area contributed by atoms with E-state index in [0.29, 0.717) is 6.54 Å². The minimum absolute atomic E-state index is 0. The van der Waals surface area contributed by atoms with E-state index >= 15 is 0 Å². The summed E-state index contributed by atoms with van der Waals surface area (Å²) in [7, 11) is 0. The van der Waals surface area contributed by atoms with E-state index in [1.165, 1.54) is 0 Å². The minimum atomic E-state index is -4.14. The van der Waals surface area contributed by atoms with Crippen molar-refractivity contribution >= 4 is 29.9 Å². The van der Waals surface area contributed by atoms with Crippen molar-refractivity contribution in [2.45, 2.75) is 32.4 Å². The maximum atomic E-state index is 11.7. The minimum Gasteiger partial charge on any atom is -0.370 e. The van der Waals surface area contributed by atoms with Gasteiger partial charge < -0.3 is 11.1 Å². The van der Waals surface area contributed by atoms with Gasteiger partial charge in [0.05, 0.1) is 6.42 Å². The summed E-state index contributed by atoms with van der Waals surface area (Å²) in [5.74, 6) is 0.0858. The smallest absolute Gasteiger partial charge is 0.370 e. The van der Waals surface area contributed by atoms with Crippen LogP contribution in [0.4, 0.5) is 13.2 Å². The molecule has 0 aliphatic heterocycles. The zero-order valence-corrected chi connectivity index (χ0v) is 10.9. The van der Waals surface area contributed by atoms with Gasteiger partial charge in [-0.2, -0.15) is 13.2 Å². The van der Waals surface area contributed by atoms with E-state index in [1.54, 1.807) is 0 Å². The predicted octanol–water partition coefficient (Wildman–Crippen LogP) is 2.26. The number of nitrogens with two attached hydrogens (primary N) is 1. The van der Waals surface area contributed by atoms with E-state index in [2.05, 4.69) is 10.3 Å². The highest BCUT2D eigenvalue weighted by atomic mass is 127. The molecule has 0 bridgehead atoms. The summed E-state index contributed by atoms with van der Waals surface area (Å²) in [4.78, 5) is 3.85. The number of aliphatic imine (C=N–C) groups is 1. The quantitative estimate of drug-likeness (QED) is 0.349. The Balaban J connectivity index is 0. The van der Waals surface area contributed by atoms with Gasteiger partial charge in [-0.15, -0.1) is 24.0 Å². The van der Waals surface area contributed by atoms with E-state index in [-0.39, 0.29) is 36.5 Å². The van der Waals surface area contributed by atoms with Gasteiger partial charge in [0.2, 0.25) is 0 Å². The number of hydrogen-bond donors (Lipinski definition) is 2. The van der Waals surface area contributed by atoms with Gasteiger partial charge in [-0.3, -0.25) is 4.99 Å². The molecule has 0 amide bonds. The average Bonchev–Trinajstić information content (AvgIpc) is 2.02. The fourth-order valence-electron chi connectivity index (χ4n) is 0.746. The molecule has 0 aliphatic carbocycles. The molecule has 0 rings (SSSR count). The van der Waals surface area contributed by atoms with Gasteiger partial charge in [-0.1, -0.05) is 13.3 Å². The number of halogens is 4. The van der Waals surface area contributed by atoms with Gasteiger partial charge in [0.1, 0.15) is 0 Å². The standard InChI is InChI=1S/C8H16F3N3.HI/c1-2-3-5-13-7(12)14-6-4-8(9,10)11;/h2-6H2,1H3,(H3,12,13,14);1H. The van der Waals surface area contributed by atoms with Crippen molar-refractivity contribution in [3.8, 4) is 0 Å². The Kier molecular flexibility index (Phi) is 10.4. The van der Waals surface area contributed by atoms with Crippen molar-refractivity contribution in [3.05, 3.63) is 0 Å². The maximum Gasteiger partial charge on any atom is 0.390 e. The fraction of sp³-hybridized carbons (Fsp3) is 0.875. The molecule has 0 aromatic rings. The normalized spacial score (nSPS) is 12.1. The van der Waals surface area contributed by atoms with Crippen LogP contribution in [0.1, 0.15) is 26.2 Å². The molecule has 0 fully saturated rings. The van der Waals surface area contributed by atoms with E-state index in [9.17, 15) is 13.2 Å². The van der Waals surface area contributed by atoms with Crippen LogP contribution in [-0.4, -0.2) is 25.2 Å². The highest BCUT2D eigenvalue weighted by Gasteiger charge is 2.26. The van der Waals surface area contributed by atoms with Crippen LogP contribution >= 0.6 is 24.0 Å². The lowest BCUT2D eigenvalue weighted by atomic mass is 10.3. The van der Waals surface area contributed by atoms with Crippen molar-refractivity contribution in [2.24, 2.45) is 10.7 Å². The lowest BCUT2D eigenvalue weighted by Gasteiger charge is -2.07. The topological polar surface area (TPSA) is 50.4 Å². The van der Waals surface area contributed by atoms with E-state index in [4.69, 9.17) is 5.73 Å². The predicted molar refractivity (Wildman–Crippen MR) is 65.5 cm³/mol. The second kappa shape index (κ2) is 9.05. The molecule has 0 saturated heterocycles. The first kappa shape index (κ1) is 17.2. The molecule has 3 nitrogen and oxygen atoms in total. The van der Waals surface area contributed by atoms with Gasteiger partial charge >= 0.3 is 6.18 Å². The number of nitrogens with zero attached hydrogens (tertiary/aromatic N) is 1. The molecule has 0 radical (unpaired) electrons. The van der Waals surface area contributed by atoms with Crippen LogP contribution in [0.25, 0.3) is 0 Å². The molecule has 0 atom stereocenters. The van der Waals surface area contributed by atoms with Crippen molar-refractivity contribution in [3.63, 3.8) is 0 Å². The second-order valence-electron chi connectivity index (χ2n) is 2.91. The molecule has 0 aromatic heterocycles. The van der Waals surface area contributed by atoms with Crippen molar-refractivity contribution in [2.75, 3.05) is 13.1 Å². The summed E-state index contributed by atoms with van der Waals surface area (Å²) in [6, 6.07) is 0. The van der Waals surface area contributed by atoms with Crippen LogP contribution in [0.2, 0.25) is 0 Å². The first-order chi connectivity index (χ1) is 6.45. The van der Waals surface area contributed by atoms with E-state index < -0.39 is 12.6 Å². The van der Waals surface area contributed by atoms with Crippen LogP contribution in [-0.2, 0) is 0 Å². The van der Waals surface area contributed by atoms with Crippen LogP contribution in [0, 0.1) is 0 Å². The number of nitrogens with one attached hydrogen (secondary N) is 1. The summed E-state index contributed by atoms with van der Waals surface area (Å²) in [6.07, 6.45) is -3.16. The third-order valence-corrected chi connectivity index (χ3v) is 1.51. The lowest BCUT2D eigenvalue weighted by molar-refractivity contribution is -0.132. The molecule has 0 unspecified atom stereocenters. The van der Waals surface area contributed by atoms with Crippen LogP contribution in [0.5, 0.6) is 0 Å². The van der Waals surface area contributed by atoms with Crippen molar-refractivity contribution < 1.29 is 13.2 Å². The Hall–Kier alpha value is -0.210. The summed E-state index contributed by atoms with van der Waals surface area (Å²) in [5.41, 5.74) is 5.32. The first-order valence-electron chi connectivity index (χ1n) is 4.56.